The fraction of sp³-hybridized carbons (Fsp3) is 0.263. The Hall–Kier alpha value is -4.20. The number of nitro groups is 1. The summed E-state index contributed by atoms with van der Waals surface area (Å²) in [6.45, 7) is 2.82. The average Bonchev–Trinajstić information content (AvgIpc) is 2.88. The molecule has 1 amide bonds. The fourth-order valence-electron chi connectivity index (χ4n) is 3.38. The summed E-state index contributed by atoms with van der Waals surface area (Å²) in [5.41, 5.74) is 0.189. The number of hydrogen-bond donors (Lipinski definition) is 1. The maximum atomic E-state index is 12.6. The average molecular weight is 410 g/mol. The Bertz CT molecular complexity index is 1390. The molecular formula is C19H18N6O5. The van der Waals surface area contributed by atoms with Crippen molar-refractivity contribution < 1.29 is 9.72 Å². The van der Waals surface area contributed by atoms with Crippen LogP contribution in [0.2, 0.25) is 0 Å². The van der Waals surface area contributed by atoms with Gasteiger partial charge in [0.1, 0.15) is 23.9 Å². The van der Waals surface area contributed by atoms with Crippen LogP contribution in [0.1, 0.15) is 16.8 Å². The lowest BCUT2D eigenvalue weighted by Gasteiger charge is -2.12. The molecule has 0 saturated carbocycles. The standard InChI is InChI=1S/C19H18N6O5/c1-10-5-11(2)24(18(27)12(10)8-20)9-17(26)21-13-6-15-16(7-14(13)25(29)30)23(4)19(28)22(15)3/h5-7H,9H2,1-4H3,(H,21,26). The summed E-state index contributed by atoms with van der Waals surface area (Å²) in [5.74, 6) is -0.684. The monoisotopic (exact) mass is 410 g/mol. The summed E-state index contributed by atoms with van der Waals surface area (Å²) >= 11 is 0. The van der Waals surface area contributed by atoms with Crippen LogP contribution in [0.4, 0.5) is 11.4 Å². The van der Waals surface area contributed by atoms with Gasteiger partial charge >= 0.3 is 5.69 Å². The zero-order chi connectivity index (χ0) is 22.3. The number of imidazole rings is 1. The van der Waals surface area contributed by atoms with Crippen molar-refractivity contribution in [3.63, 3.8) is 0 Å². The van der Waals surface area contributed by atoms with Crippen LogP contribution >= 0.6 is 0 Å². The summed E-state index contributed by atoms with van der Waals surface area (Å²) < 4.78 is 3.71. The van der Waals surface area contributed by atoms with E-state index in [9.17, 15) is 24.5 Å². The first-order chi connectivity index (χ1) is 14.1. The van der Waals surface area contributed by atoms with Gasteiger partial charge in [0.25, 0.3) is 11.2 Å². The smallest absolute Gasteiger partial charge is 0.319 e. The third-order valence-corrected chi connectivity index (χ3v) is 4.98. The molecule has 0 aliphatic carbocycles. The van der Waals surface area contributed by atoms with Gasteiger partial charge in [-0.05, 0) is 31.5 Å². The molecule has 0 bridgehead atoms. The first kappa shape index (κ1) is 20.5. The number of nitro benzene ring substituents is 1. The number of aryl methyl sites for hydroxylation is 4. The minimum atomic E-state index is -0.684. The number of nitrogens with zero attached hydrogens (tertiary/aromatic N) is 5. The number of fused-ring (bicyclic) bond motifs is 1. The van der Waals surface area contributed by atoms with Gasteiger partial charge in [-0.15, -0.1) is 0 Å². The number of carbonyl (C=O) groups is 1. The van der Waals surface area contributed by atoms with E-state index in [1.165, 1.54) is 35.4 Å². The van der Waals surface area contributed by atoms with E-state index in [0.29, 0.717) is 22.3 Å². The number of hydrogen-bond acceptors (Lipinski definition) is 6. The van der Waals surface area contributed by atoms with Gasteiger partial charge in [0, 0.05) is 25.9 Å². The lowest BCUT2D eigenvalue weighted by Crippen LogP contribution is -2.31. The molecule has 154 valence electrons. The molecule has 0 radical (unpaired) electrons. The second-order valence-corrected chi connectivity index (χ2v) is 6.91. The maximum Gasteiger partial charge on any atom is 0.328 e. The van der Waals surface area contributed by atoms with Crippen molar-refractivity contribution in [1.29, 1.82) is 5.26 Å². The number of aromatic nitrogens is 3. The topological polar surface area (TPSA) is 145 Å². The molecule has 11 nitrogen and oxygen atoms in total. The molecule has 0 saturated heterocycles. The van der Waals surface area contributed by atoms with Crippen molar-refractivity contribution in [2.45, 2.75) is 20.4 Å². The van der Waals surface area contributed by atoms with Crippen LogP contribution in [-0.4, -0.2) is 24.5 Å². The summed E-state index contributed by atoms with van der Waals surface area (Å²) in [6.07, 6.45) is 0. The van der Waals surface area contributed by atoms with Gasteiger partial charge in [-0.2, -0.15) is 5.26 Å². The Labute approximate surface area is 169 Å². The normalized spacial score (nSPS) is 10.8. The van der Waals surface area contributed by atoms with Crippen LogP contribution in [0, 0.1) is 35.3 Å². The lowest BCUT2D eigenvalue weighted by atomic mass is 10.1. The molecule has 0 aliphatic rings. The number of benzene rings is 1. The van der Waals surface area contributed by atoms with Crippen LogP contribution in [0.3, 0.4) is 0 Å². The Morgan fingerprint density at radius 3 is 2.33 bits per heavy atom. The van der Waals surface area contributed by atoms with Crippen molar-refractivity contribution in [2.24, 2.45) is 14.1 Å². The fourth-order valence-corrected chi connectivity index (χ4v) is 3.38. The molecule has 0 atom stereocenters. The van der Waals surface area contributed by atoms with Gasteiger partial charge in [-0.25, -0.2) is 4.79 Å². The van der Waals surface area contributed by atoms with Crippen molar-refractivity contribution in [2.75, 3.05) is 5.32 Å². The largest absolute Gasteiger partial charge is 0.328 e. The quantitative estimate of drug-likeness (QED) is 0.503. The van der Waals surface area contributed by atoms with Gasteiger partial charge in [0.05, 0.1) is 16.0 Å². The first-order valence-electron chi connectivity index (χ1n) is 8.81. The highest BCUT2D eigenvalue weighted by Gasteiger charge is 2.22. The summed E-state index contributed by atoms with van der Waals surface area (Å²) in [7, 11) is 3.01. The SMILES string of the molecule is Cc1cc(C)n(CC(=O)Nc2cc3c(cc2[N+](=O)[O-])n(C)c(=O)n3C)c(=O)c1C#N. The molecular weight excluding hydrogens is 392 g/mol. The third kappa shape index (κ3) is 3.24. The van der Waals surface area contributed by atoms with Crippen molar-refractivity contribution in [1.82, 2.24) is 13.7 Å². The van der Waals surface area contributed by atoms with Crippen LogP contribution < -0.4 is 16.6 Å². The highest BCUT2D eigenvalue weighted by Crippen LogP contribution is 2.29. The van der Waals surface area contributed by atoms with Crippen molar-refractivity contribution >= 4 is 28.3 Å². The molecule has 3 aromatic rings. The lowest BCUT2D eigenvalue weighted by molar-refractivity contribution is -0.383. The maximum absolute atomic E-state index is 12.6. The van der Waals surface area contributed by atoms with E-state index < -0.39 is 22.9 Å². The van der Waals surface area contributed by atoms with Crippen LogP contribution in [0.15, 0.2) is 27.8 Å². The molecule has 0 aliphatic heterocycles. The molecule has 2 aromatic heterocycles. The number of amides is 1. The Morgan fingerprint density at radius 2 is 1.77 bits per heavy atom. The minimum absolute atomic E-state index is 0.0694. The molecule has 0 fully saturated rings. The number of anilines is 1. The molecule has 30 heavy (non-hydrogen) atoms. The van der Waals surface area contributed by atoms with Gasteiger partial charge in [-0.1, -0.05) is 0 Å². The predicted molar refractivity (Wildman–Crippen MR) is 108 cm³/mol. The molecule has 11 heteroatoms. The van der Waals surface area contributed by atoms with Crippen LogP contribution in [0.25, 0.3) is 11.0 Å². The van der Waals surface area contributed by atoms with Crippen molar-refractivity contribution in [3.05, 3.63) is 66.0 Å². The van der Waals surface area contributed by atoms with Gasteiger partial charge in [0.2, 0.25) is 5.91 Å². The number of pyridine rings is 1. The number of rotatable bonds is 4. The van der Waals surface area contributed by atoms with E-state index >= 15 is 0 Å². The number of nitriles is 1. The van der Waals surface area contributed by atoms with E-state index in [-0.39, 0.29) is 22.6 Å². The van der Waals surface area contributed by atoms with Gasteiger partial charge in [0.15, 0.2) is 0 Å². The molecule has 1 N–H and O–H groups in total. The van der Waals surface area contributed by atoms with Crippen molar-refractivity contribution in [3.8, 4) is 6.07 Å². The number of nitrogens with one attached hydrogen (secondary N) is 1. The Balaban J connectivity index is 2.04. The molecule has 0 spiro atoms. The molecule has 0 unspecified atom stereocenters. The zero-order valence-corrected chi connectivity index (χ0v) is 16.7. The second kappa shape index (κ2) is 7.32. The Morgan fingerprint density at radius 1 is 1.17 bits per heavy atom. The number of carbonyl (C=O) groups excluding carboxylic acids is 1. The van der Waals surface area contributed by atoms with E-state index in [1.807, 2.05) is 6.07 Å². The van der Waals surface area contributed by atoms with E-state index in [2.05, 4.69) is 5.32 Å². The van der Waals surface area contributed by atoms with Gasteiger partial charge in [-0.3, -0.25) is 28.8 Å². The Kier molecular flexibility index (Phi) is 5.01. The van der Waals surface area contributed by atoms with Crippen LogP contribution in [-0.2, 0) is 25.4 Å². The zero-order valence-electron chi connectivity index (χ0n) is 16.7. The minimum Gasteiger partial charge on any atom is -0.319 e. The second-order valence-electron chi connectivity index (χ2n) is 6.91. The van der Waals surface area contributed by atoms with E-state index in [4.69, 9.17) is 5.26 Å². The summed E-state index contributed by atoms with van der Waals surface area (Å²) in [5, 5.41) is 23.1. The molecule has 2 heterocycles. The first-order valence-corrected chi connectivity index (χ1v) is 8.81. The third-order valence-electron chi connectivity index (χ3n) is 4.98. The summed E-state index contributed by atoms with van der Waals surface area (Å²) in [4.78, 5) is 48.0. The highest BCUT2D eigenvalue weighted by molar-refractivity contribution is 5.96. The van der Waals surface area contributed by atoms with Gasteiger partial charge < -0.3 is 9.88 Å². The van der Waals surface area contributed by atoms with E-state index in [0.717, 1.165) is 4.57 Å². The van der Waals surface area contributed by atoms with E-state index in [1.54, 1.807) is 19.9 Å². The molecule has 3 rings (SSSR count). The predicted octanol–water partition coefficient (Wildman–Crippen LogP) is 1.07. The highest BCUT2D eigenvalue weighted by atomic mass is 16.6. The summed E-state index contributed by atoms with van der Waals surface area (Å²) in [6, 6.07) is 5.99. The van der Waals surface area contributed by atoms with Crippen LogP contribution in [0.5, 0.6) is 0 Å². The molecule has 1 aromatic carbocycles.